The first kappa shape index (κ1) is 26.5. The van der Waals surface area contributed by atoms with E-state index in [1.54, 1.807) is 28.9 Å². The zero-order valence-corrected chi connectivity index (χ0v) is 22.6. The lowest BCUT2D eigenvalue weighted by Crippen LogP contribution is -2.44. The minimum Gasteiger partial charge on any atom is -0.319 e. The number of hydrogen-bond donors (Lipinski definition) is 3. The van der Waals surface area contributed by atoms with Gasteiger partial charge in [-0.2, -0.15) is 5.10 Å². The summed E-state index contributed by atoms with van der Waals surface area (Å²) < 4.78 is 26.7. The lowest BCUT2D eigenvalue weighted by Gasteiger charge is -2.29. The van der Waals surface area contributed by atoms with Crippen LogP contribution in [-0.4, -0.2) is 48.0 Å². The molecule has 37 heavy (non-hydrogen) atoms. The predicted octanol–water partition coefficient (Wildman–Crippen LogP) is 4.49. The predicted molar refractivity (Wildman–Crippen MR) is 144 cm³/mol. The molecule has 10 nitrogen and oxygen atoms in total. The molecule has 4 amide bonds. The van der Waals surface area contributed by atoms with E-state index in [4.69, 9.17) is 16.7 Å². The molecule has 1 aromatic heterocycles. The van der Waals surface area contributed by atoms with E-state index in [9.17, 15) is 18.0 Å². The summed E-state index contributed by atoms with van der Waals surface area (Å²) in [6.45, 7) is 6.74. The molecule has 12 heteroatoms. The van der Waals surface area contributed by atoms with Crippen LogP contribution in [0.5, 0.6) is 0 Å². The fraction of sp³-hybridized carbons (Fsp3) is 0.320. The number of anilines is 2. The van der Waals surface area contributed by atoms with Crippen LogP contribution in [0.3, 0.4) is 0 Å². The summed E-state index contributed by atoms with van der Waals surface area (Å²) in [6.07, 6.45) is 1.54. The van der Waals surface area contributed by atoms with E-state index in [2.05, 4.69) is 10.6 Å². The van der Waals surface area contributed by atoms with Crippen molar-refractivity contribution in [3.05, 3.63) is 70.4 Å². The Bertz CT molecular complexity index is 1440. The van der Waals surface area contributed by atoms with Crippen LogP contribution in [0.25, 0.3) is 5.69 Å². The minimum atomic E-state index is -3.66. The van der Waals surface area contributed by atoms with Crippen molar-refractivity contribution in [2.45, 2.75) is 39.2 Å². The van der Waals surface area contributed by atoms with Crippen LogP contribution in [0.15, 0.2) is 48.5 Å². The van der Waals surface area contributed by atoms with E-state index < -0.39 is 22.1 Å². The first-order chi connectivity index (χ1) is 17.3. The van der Waals surface area contributed by atoms with E-state index in [1.807, 2.05) is 49.8 Å². The second-order valence-electron chi connectivity index (χ2n) is 9.97. The van der Waals surface area contributed by atoms with Gasteiger partial charge in [-0.1, -0.05) is 38.4 Å². The van der Waals surface area contributed by atoms with Gasteiger partial charge in [0.25, 0.3) is 0 Å². The Kier molecular flexibility index (Phi) is 7.20. The van der Waals surface area contributed by atoms with Crippen LogP contribution in [0.4, 0.5) is 21.1 Å². The molecular weight excluding hydrogens is 516 g/mol. The number of carbonyl (C=O) groups is 2. The number of nitrogens with one attached hydrogen (secondary N) is 3. The topological polar surface area (TPSA) is 125 Å². The maximum atomic E-state index is 12.8. The number of nitrogens with zero attached hydrogens (tertiary/aromatic N) is 3. The van der Waals surface area contributed by atoms with Crippen LogP contribution in [0.2, 0.25) is 5.02 Å². The molecule has 0 bridgehead atoms. The summed E-state index contributed by atoms with van der Waals surface area (Å²) in [7, 11) is -3.66. The highest BCUT2D eigenvalue weighted by Crippen LogP contribution is 2.29. The third-order valence-corrected chi connectivity index (χ3v) is 6.63. The van der Waals surface area contributed by atoms with Gasteiger partial charge in [-0.05, 0) is 53.9 Å². The summed E-state index contributed by atoms with van der Waals surface area (Å²) in [5.74, 6) is 0.471. The molecule has 2 aromatic carbocycles. The van der Waals surface area contributed by atoms with Gasteiger partial charge in [0, 0.05) is 35.3 Å². The lowest BCUT2D eigenvalue weighted by atomic mass is 9.92. The molecule has 3 aromatic rings. The van der Waals surface area contributed by atoms with Crippen molar-refractivity contribution in [2.24, 2.45) is 0 Å². The first-order valence-corrected chi connectivity index (χ1v) is 13.9. The summed E-state index contributed by atoms with van der Waals surface area (Å²) >= 11 is 5.93. The van der Waals surface area contributed by atoms with Gasteiger partial charge in [0.1, 0.15) is 5.82 Å². The standard InChI is InChI=1S/C25H29ClN6O4S/c1-25(2,3)21-14-22(28-23(33)27-19-8-6-18(26)7-9-19)32(29-21)20-10-5-16-11-12-31(15-17(16)13-20)24(34)30-37(4,35)36/h5-10,13-14H,11-12,15H2,1-4H3,(H,30,34)(H2,27,28,33). The van der Waals surface area contributed by atoms with E-state index in [0.717, 1.165) is 23.1 Å². The van der Waals surface area contributed by atoms with Gasteiger partial charge in [0.15, 0.2) is 0 Å². The average molecular weight is 545 g/mol. The molecule has 1 aliphatic rings. The lowest BCUT2D eigenvalue weighted by molar-refractivity contribution is 0.198. The van der Waals surface area contributed by atoms with Gasteiger partial charge in [0.2, 0.25) is 10.0 Å². The number of amides is 4. The SMILES string of the molecule is CC(C)(C)c1cc(NC(=O)Nc2ccc(Cl)cc2)n(-c2ccc3c(c2)CN(C(=O)NS(C)(=O)=O)CC3)n1. The minimum absolute atomic E-state index is 0.248. The number of benzene rings is 2. The van der Waals surface area contributed by atoms with Gasteiger partial charge < -0.3 is 10.2 Å². The van der Waals surface area contributed by atoms with Gasteiger partial charge in [-0.25, -0.2) is 27.4 Å². The fourth-order valence-electron chi connectivity index (χ4n) is 3.92. The zero-order valence-electron chi connectivity index (χ0n) is 21.0. The molecule has 4 rings (SSSR count). The Morgan fingerprint density at radius 3 is 2.35 bits per heavy atom. The number of carbonyl (C=O) groups excluding carboxylic acids is 2. The van der Waals surface area contributed by atoms with Crippen LogP contribution >= 0.6 is 11.6 Å². The first-order valence-electron chi connectivity index (χ1n) is 11.6. The highest BCUT2D eigenvalue weighted by Gasteiger charge is 2.25. The normalized spacial score (nSPS) is 13.6. The maximum absolute atomic E-state index is 12.8. The molecule has 3 N–H and O–H groups in total. The number of fused-ring (bicyclic) bond motifs is 1. The van der Waals surface area contributed by atoms with Crippen molar-refractivity contribution in [3.8, 4) is 5.69 Å². The van der Waals surface area contributed by atoms with Gasteiger partial charge >= 0.3 is 12.1 Å². The average Bonchev–Trinajstić information content (AvgIpc) is 3.23. The Labute approximate surface area is 221 Å². The smallest absolute Gasteiger partial charge is 0.319 e. The second kappa shape index (κ2) is 10.1. The summed E-state index contributed by atoms with van der Waals surface area (Å²) in [5.41, 5.74) is 3.72. The third kappa shape index (κ3) is 6.60. The molecule has 0 saturated heterocycles. The van der Waals surface area contributed by atoms with Crippen molar-refractivity contribution < 1.29 is 18.0 Å². The van der Waals surface area contributed by atoms with Crippen molar-refractivity contribution in [3.63, 3.8) is 0 Å². The summed E-state index contributed by atoms with van der Waals surface area (Å²) in [6, 6.07) is 13.3. The van der Waals surface area contributed by atoms with Crippen LogP contribution in [0, 0.1) is 0 Å². The molecule has 0 atom stereocenters. The summed E-state index contributed by atoms with van der Waals surface area (Å²) in [5, 5.41) is 11.0. The molecule has 0 unspecified atom stereocenters. The molecule has 0 fully saturated rings. The molecule has 1 aliphatic heterocycles. The number of hydrogen-bond acceptors (Lipinski definition) is 5. The van der Waals surface area contributed by atoms with Crippen molar-refractivity contribution >= 4 is 45.2 Å². The van der Waals surface area contributed by atoms with Gasteiger partial charge in [-0.3, -0.25) is 5.32 Å². The number of urea groups is 2. The maximum Gasteiger partial charge on any atom is 0.331 e. The molecular formula is C25H29ClN6O4S. The number of aromatic nitrogens is 2. The molecule has 0 aliphatic carbocycles. The molecule has 196 valence electrons. The van der Waals surface area contributed by atoms with Crippen LogP contribution in [-0.2, 0) is 28.4 Å². The van der Waals surface area contributed by atoms with E-state index in [0.29, 0.717) is 35.2 Å². The molecule has 0 radical (unpaired) electrons. The van der Waals surface area contributed by atoms with Crippen LogP contribution < -0.4 is 15.4 Å². The monoisotopic (exact) mass is 544 g/mol. The Hall–Kier alpha value is -3.57. The second-order valence-corrected chi connectivity index (χ2v) is 12.2. The molecule has 0 saturated carbocycles. The highest BCUT2D eigenvalue weighted by molar-refractivity contribution is 7.89. The van der Waals surface area contributed by atoms with Crippen LogP contribution in [0.1, 0.15) is 37.6 Å². The molecule has 0 spiro atoms. The van der Waals surface area contributed by atoms with Crippen molar-refractivity contribution in [1.29, 1.82) is 0 Å². The van der Waals surface area contributed by atoms with E-state index >= 15 is 0 Å². The Morgan fingerprint density at radius 1 is 1.00 bits per heavy atom. The van der Waals surface area contributed by atoms with Gasteiger partial charge in [-0.15, -0.1) is 0 Å². The van der Waals surface area contributed by atoms with Crippen molar-refractivity contribution in [1.82, 2.24) is 19.4 Å². The van der Waals surface area contributed by atoms with Crippen molar-refractivity contribution in [2.75, 3.05) is 23.4 Å². The third-order valence-electron chi connectivity index (χ3n) is 5.83. The van der Waals surface area contributed by atoms with E-state index in [1.165, 1.54) is 4.90 Å². The summed E-state index contributed by atoms with van der Waals surface area (Å²) in [4.78, 5) is 26.6. The highest BCUT2D eigenvalue weighted by atomic mass is 35.5. The Balaban J connectivity index is 1.62. The molecule has 2 heterocycles. The quantitative estimate of drug-likeness (QED) is 0.446. The number of halogens is 1. The Morgan fingerprint density at radius 2 is 1.70 bits per heavy atom. The number of rotatable bonds is 4. The number of sulfonamides is 1. The largest absolute Gasteiger partial charge is 0.331 e. The van der Waals surface area contributed by atoms with Gasteiger partial charge in [0.05, 0.1) is 17.6 Å². The fourth-order valence-corrected chi connectivity index (χ4v) is 4.49. The zero-order chi connectivity index (χ0) is 27.0. The van der Waals surface area contributed by atoms with E-state index in [-0.39, 0.29) is 12.0 Å².